The van der Waals surface area contributed by atoms with Crippen LogP contribution in [0.2, 0.25) is 0 Å². The van der Waals surface area contributed by atoms with Crippen molar-refractivity contribution in [3.05, 3.63) is 0 Å². The second-order valence-electron chi connectivity index (χ2n) is 6.18. The lowest BCUT2D eigenvalue weighted by Crippen LogP contribution is -2.57. The zero-order valence-electron chi connectivity index (χ0n) is 12.9. The fourth-order valence-electron chi connectivity index (χ4n) is 3.10. The molecule has 0 spiro atoms. The summed E-state index contributed by atoms with van der Waals surface area (Å²) in [5, 5.41) is 0. The first-order valence-corrected chi connectivity index (χ1v) is 8.83. The van der Waals surface area contributed by atoms with Gasteiger partial charge in [0.2, 0.25) is 5.91 Å². The molecule has 0 aromatic rings. The molecule has 0 aromatic carbocycles. The SMILES string of the molecule is C[C@@H]1CN(S(=O)(=O)N2C[C@H](C(N)=O)CC[C@@H]2C)C[C@H](C)O1. The van der Waals surface area contributed by atoms with Crippen molar-refractivity contribution >= 4 is 16.1 Å². The van der Waals surface area contributed by atoms with Crippen molar-refractivity contribution in [2.75, 3.05) is 19.6 Å². The van der Waals surface area contributed by atoms with E-state index in [0.717, 1.165) is 0 Å². The Bertz CT molecular complexity index is 486. The first kappa shape index (κ1) is 16.7. The highest BCUT2D eigenvalue weighted by Crippen LogP contribution is 2.27. The number of nitrogens with two attached hydrogens (primary N) is 1. The Labute approximate surface area is 126 Å². The molecule has 2 fully saturated rings. The maximum Gasteiger partial charge on any atom is 0.282 e. The number of primary amides is 1. The molecular formula is C13H25N3O4S. The third-order valence-electron chi connectivity index (χ3n) is 4.24. The quantitative estimate of drug-likeness (QED) is 0.788. The van der Waals surface area contributed by atoms with Crippen molar-refractivity contribution in [2.45, 2.75) is 51.9 Å². The summed E-state index contributed by atoms with van der Waals surface area (Å²) in [5.41, 5.74) is 5.35. The Kier molecular flexibility index (Phi) is 4.92. The lowest BCUT2D eigenvalue weighted by molar-refractivity contribution is -0.123. The van der Waals surface area contributed by atoms with E-state index in [1.165, 1.54) is 8.61 Å². The molecule has 2 rings (SSSR count). The molecule has 0 radical (unpaired) electrons. The standard InChI is InChI=1S/C13H25N3O4S/c1-9-4-5-12(13(14)17)8-16(9)21(18,19)15-6-10(2)20-11(3)7-15/h9-12H,4-8H2,1-3H3,(H2,14,17)/t9-,10-,11+,12+/m0/s1. The summed E-state index contributed by atoms with van der Waals surface area (Å²) in [6.07, 6.45) is 1.05. The highest BCUT2D eigenvalue weighted by molar-refractivity contribution is 7.86. The van der Waals surface area contributed by atoms with Gasteiger partial charge in [0, 0.05) is 25.7 Å². The van der Waals surface area contributed by atoms with Gasteiger partial charge in [-0.3, -0.25) is 4.79 Å². The topological polar surface area (TPSA) is 92.9 Å². The van der Waals surface area contributed by atoms with Crippen LogP contribution < -0.4 is 5.73 Å². The average molecular weight is 319 g/mol. The smallest absolute Gasteiger partial charge is 0.282 e. The molecule has 2 saturated heterocycles. The predicted molar refractivity (Wildman–Crippen MR) is 78.6 cm³/mol. The zero-order chi connectivity index (χ0) is 15.8. The molecule has 122 valence electrons. The fraction of sp³-hybridized carbons (Fsp3) is 0.923. The summed E-state index contributed by atoms with van der Waals surface area (Å²) in [4.78, 5) is 11.4. The Morgan fingerprint density at radius 1 is 1.10 bits per heavy atom. The molecule has 2 heterocycles. The van der Waals surface area contributed by atoms with Crippen LogP contribution in [-0.4, -0.2) is 60.8 Å². The van der Waals surface area contributed by atoms with E-state index >= 15 is 0 Å². The molecule has 0 aromatic heterocycles. The van der Waals surface area contributed by atoms with E-state index in [2.05, 4.69) is 0 Å². The van der Waals surface area contributed by atoms with Gasteiger partial charge in [0.15, 0.2) is 0 Å². The van der Waals surface area contributed by atoms with E-state index < -0.39 is 22.0 Å². The van der Waals surface area contributed by atoms with Gasteiger partial charge >= 0.3 is 0 Å². The molecule has 8 heteroatoms. The highest BCUT2D eigenvalue weighted by Gasteiger charge is 2.41. The van der Waals surface area contributed by atoms with Crippen LogP contribution in [0.1, 0.15) is 33.6 Å². The Balaban J connectivity index is 2.18. The number of ether oxygens (including phenoxy) is 1. The van der Waals surface area contributed by atoms with Crippen LogP contribution in [0.4, 0.5) is 0 Å². The van der Waals surface area contributed by atoms with Gasteiger partial charge in [-0.2, -0.15) is 17.0 Å². The van der Waals surface area contributed by atoms with Crippen molar-refractivity contribution in [1.82, 2.24) is 8.61 Å². The van der Waals surface area contributed by atoms with E-state index in [0.29, 0.717) is 25.9 Å². The molecule has 2 aliphatic heterocycles. The van der Waals surface area contributed by atoms with Gasteiger partial charge in [-0.15, -0.1) is 0 Å². The minimum atomic E-state index is -3.59. The Morgan fingerprint density at radius 3 is 2.19 bits per heavy atom. The van der Waals surface area contributed by atoms with Crippen molar-refractivity contribution in [3.8, 4) is 0 Å². The Hall–Kier alpha value is -0.700. The van der Waals surface area contributed by atoms with Crippen LogP contribution in [-0.2, 0) is 19.7 Å². The summed E-state index contributed by atoms with van der Waals surface area (Å²) < 4.78 is 34.2. The van der Waals surface area contributed by atoms with E-state index in [9.17, 15) is 13.2 Å². The fourth-order valence-corrected chi connectivity index (χ4v) is 5.12. The molecule has 1 amide bonds. The molecule has 21 heavy (non-hydrogen) atoms. The van der Waals surface area contributed by atoms with Crippen LogP contribution in [0.15, 0.2) is 0 Å². The number of hydrogen-bond acceptors (Lipinski definition) is 4. The number of amides is 1. The third kappa shape index (κ3) is 3.56. The molecule has 0 saturated carbocycles. The summed E-state index contributed by atoms with van der Waals surface area (Å²) in [5.74, 6) is -0.822. The maximum atomic E-state index is 12.9. The number of piperidine rings is 1. The van der Waals surface area contributed by atoms with Gasteiger partial charge in [-0.05, 0) is 33.6 Å². The third-order valence-corrected chi connectivity index (χ3v) is 6.29. The molecule has 0 unspecified atom stereocenters. The van der Waals surface area contributed by atoms with Crippen LogP contribution in [0.5, 0.6) is 0 Å². The van der Waals surface area contributed by atoms with Gasteiger partial charge in [-0.25, -0.2) is 0 Å². The van der Waals surface area contributed by atoms with E-state index in [1.807, 2.05) is 20.8 Å². The second kappa shape index (κ2) is 6.20. The number of carbonyl (C=O) groups is 1. The average Bonchev–Trinajstić information content (AvgIpc) is 2.37. The molecule has 4 atom stereocenters. The zero-order valence-corrected chi connectivity index (χ0v) is 13.7. The van der Waals surface area contributed by atoms with Crippen molar-refractivity contribution in [3.63, 3.8) is 0 Å². The van der Waals surface area contributed by atoms with Crippen LogP contribution in [0, 0.1) is 5.92 Å². The van der Waals surface area contributed by atoms with Gasteiger partial charge in [0.05, 0.1) is 18.1 Å². The molecule has 7 nitrogen and oxygen atoms in total. The molecule has 0 aliphatic carbocycles. The minimum absolute atomic E-state index is 0.112. The van der Waals surface area contributed by atoms with Crippen molar-refractivity contribution in [2.24, 2.45) is 11.7 Å². The number of hydrogen-bond donors (Lipinski definition) is 1. The van der Waals surface area contributed by atoms with Crippen LogP contribution in [0.3, 0.4) is 0 Å². The van der Waals surface area contributed by atoms with Gasteiger partial charge < -0.3 is 10.5 Å². The summed E-state index contributed by atoms with van der Waals surface area (Å²) in [7, 11) is -3.59. The minimum Gasteiger partial charge on any atom is -0.373 e. The molecule has 2 N–H and O–H groups in total. The van der Waals surface area contributed by atoms with Crippen LogP contribution >= 0.6 is 0 Å². The summed E-state index contributed by atoms with van der Waals surface area (Å²) in [6, 6.07) is -0.112. The Morgan fingerprint density at radius 2 is 1.67 bits per heavy atom. The van der Waals surface area contributed by atoms with Gasteiger partial charge in [0.25, 0.3) is 10.2 Å². The lowest BCUT2D eigenvalue weighted by Gasteiger charge is -2.41. The van der Waals surface area contributed by atoms with E-state index in [1.54, 1.807) is 0 Å². The highest BCUT2D eigenvalue weighted by atomic mass is 32.2. The van der Waals surface area contributed by atoms with Crippen LogP contribution in [0.25, 0.3) is 0 Å². The number of rotatable bonds is 3. The lowest BCUT2D eigenvalue weighted by atomic mass is 9.95. The summed E-state index contributed by atoms with van der Waals surface area (Å²) >= 11 is 0. The largest absolute Gasteiger partial charge is 0.373 e. The maximum absolute atomic E-state index is 12.9. The number of morpholine rings is 1. The number of nitrogens with zero attached hydrogens (tertiary/aromatic N) is 2. The monoisotopic (exact) mass is 319 g/mol. The van der Waals surface area contributed by atoms with Crippen molar-refractivity contribution in [1.29, 1.82) is 0 Å². The first-order chi connectivity index (χ1) is 9.71. The van der Waals surface area contributed by atoms with E-state index in [4.69, 9.17) is 10.5 Å². The second-order valence-corrected chi connectivity index (χ2v) is 8.06. The normalized spacial score (nSPS) is 36.5. The van der Waals surface area contributed by atoms with Gasteiger partial charge in [-0.1, -0.05) is 0 Å². The summed E-state index contributed by atoms with van der Waals surface area (Å²) in [6.45, 7) is 6.48. The number of carbonyl (C=O) groups excluding carboxylic acids is 1. The molecule has 2 aliphatic rings. The first-order valence-electron chi connectivity index (χ1n) is 7.43. The molecular weight excluding hydrogens is 294 g/mol. The van der Waals surface area contributed by atoms with Crippen molar-refractivity contribution < 1.29 is 17.9 Å². The predicted octanol–water partition coefficient (Wildman–Crippen LogP) is -0.0738. The molecule has 0 bridgehead atoms. The van der Waals surface area contributed by atoms with E-state index in [-0.39, 0.29) is 24.8 Å². The van der Waals surface area contributed by atoms with Gasteiger partial charge in [0.1, 0.15) is 0 Å².